The van der Waals surface area contributed by atoms with E-state index in [4.69, 9.17) is 9.47 Å². The van der Waals surface area contributed by atoms with Crippen molar-refractivity contribution < 1.29 is 22.7 Å². The molecule has 0 saturated carbocycles. The summed E-state index contributed by atoms with van der Waals surface area (Å²) in [6, 6.07) is 23.4. The van der Waals surface area contributed by atoms with E-state index >= 15 is 0 Å². The minimum atomic E-state index is -3.88. The molecular weight excluding hydrogens is 452 g/mol. The largest absolute Gasteiger partial charge is 0.490 e. The summed E-state index contributed by atoms with van der Waals surface area (Å²) >= 11 is 0. The summed E-state index contributed by atoms with van der Waals surface area (Å²) in [6.45, 7) is 0.824. The fourth-order valence-corrected chi connectivity index (χ4v) is 4.57. The summed E-state index contributed by atoms with van der Waals surface area (Å²) < 4.78 is 38.7. The number of nitrogens with zero attached hydrogens (tertiary/aromatic N) is 1. The average molecular weight is 479 g/mol. The van der Waals surface area contributed by atoms with E-state index in [1.54, 1.807) is 18.2 Å². The number of hydrogen-bond donors (Lipinski definition) is 1. The Morgan fingerprint density at radius 2 is 1.59 bits per heavy atom. The van der Waals surface area contributed by atoms with Gasteiger partial charge in [0.25, 0.3) is 0 Å². The topological polar surface area (TPSA) is 84.9 Å². The third-order valence-corrected chi connectivity index (χ3v) is 6.60. The first-order chi connectivity index (χ1) is 16.5. The van der Waals surface area contributed by atoms with Gasteiger partial charge in [0.1, 0.15) is 0 Å². The van der Waals surface area contributed by atoms with Crippen LogP contribution in [0.2, 0.25) is 0 Å². The molecule has 7 nitrogen and oxygen atoms in total. The number of ether oxygens (including phenoxy) is 2. The summed E-state index contributed by atoms with van der Waals surface area (Å²) in [7, 11) is -3.88. The molecule has 0 saturated heterocycles. The van der Waals surface area contributed by atoms with Crippen molar-refractivity contribution in [2.24, 2.45) is 0 Å². The molecule has 0 spiro atoms. The second kappa shape index (κ2) is 11.0. The zero-order chi connectivity index (χ0) is 23.8. The van der Waals surface area contributed by atoms with Crippen LogP contribution < -0.4 is 14.8 Å². The van der Waals surface area contributed by atoms with E-state index in [0.717, 1.165) is 27.3 Å². The Labute approximate surface area is 199 Å². The Balaban J connectivity index is 1.51. The van der Waals surface area contributed by atoms with E-state index in [2.05, 4.69) is 5.32 Å². The number of benzene rings is 3. The molecule has 4 rings (SSSR count). The second-order valence-corrected chi connectivity index (χ2v) is 9.59. The van der Waals surface area contributed by atoms with Crippen LogP contribution >= 0.6 is 0 Å². The fourth-order valence-electron chi connectivity index (χ4n) is 3.44. The number of carbonyl (C=O) groups is 1. The van der Waals surface area contributed by atoms with Crippen molar-refractivity contribution in [1.29, 1.82) is 0 Å². The molecular formula is C26H26N2O5S. The van der Waals surface area contributed by atoms with Gasteiger partial charge in [0, 0.05) is 30.1 Å². The molecule has 1 heterocycles. The first-order valence-electron chi connectivity index (χ1n) is 11.0. The molecule has 0 aliphatic carbocycles. The van der Waals surface area contributed by atoms with Crippen molar-refractivity contribution in [3.63, 3.8) is 0 Å². The lowest BCUT2D eigenvalue weighted by Gasteiger charge is -2.20. The van der Waals surface area contributed by atoms with Crippen LogP contribution in [0.5, 0.6) is 11.5 Å². The molecule has 0 fully saturated rings. The Hall–Kier alpha value is -3.62. The third-order valence-electron chi connectivity index (χ3n) is 5.14. The number of anilines is 1. The van der Waals surface area contributed by atoms with Gasteiger partial charge >= 0.3 is 0 Å². The van der Waals surface area contributed by atoms with Crippen LogP contribution in [0, 0.1) is 0 Å². The SMILES string of the molecule is O=C(CN(Cc1ccccc1)S(=O)(=O)/C=C/c1ccccc1)Nc1ccc2c(c1)OCCCO2. The van der Waals surface area contributed by atoms with Gasteiger partial charge in [-0.15, -0.1) is 0 Å². The third kappa shape index (κ3) is 6.46. The van der Waals surface area contributed by atoms with E-state index in [0.29, 0.717) is 30.4 Å². The van der Waals surface area contributed by atoms with E-state index in [-0.39, 0.29) is 13.1 Å². The summed E-state index contributed by atoms with van der Waals surface area (Å²) in [5.41, 5.74) is 2.04. The molecule has 1 aliphatic rings. The highest BCUT2D eigenvalue weighted by Crippen LogP contribution is 2.32. The summed E-state index contributed by atoms with van der Waals surface area (Å²) in [4.78, 5) is 12.9. The highest BCUT2D eigenvalue weighted by atomic mass is 32.2. The molecule has 0 aromatic heterocycles. The average Bonchev–Trinajstić information content (AvgIpc) is 3.09. The fraction of sp³-hybridized carbons (Fsp3) is 0.192. The highest BCUT2D eigenvalue weighted by Gasteiger charge is 2.23. The lowest BCUT2D eigenvalue weighted by atomic mass is 10.2. The van der Waals surface area contributed by atoms with Crippen molar-refractivity contribution in [3.05, 3.63) is 95.4 Å². The maximum Gasteiger partial charge on any atom is 0.239 e. The van der Waals surface area contributed by atoms with Crippen LogP contribution in [0.4, 0.5) is 5.69 Å². The maximum absolute atomic E-state index is 13.1. The Kier molecular flexibility index (Phi) is 7.61. The molecule has 0 atom stereocenters. The highest BCUT2D eigenvalue weighted by molar-refractivity contribution is 7.92. The number of carbonyl (C=O) groups excluding carboxylic acids is 1. The van der Waals surface area contributed by atoms with Gasteiger partial charge in [-0.05, 0) is 29.3 Å². The van der Waals surface area contributed by atoms with E-state index < -0.39 is 15.9 Å². The normalized spacial score (nSPS) is 13.6. The predicted octanol–water partition coefficient (Wildman–Crippen LogP) is 4.29. The smallest absolute Gasteiger partial charge is 0.239 e. The molecule has 34 heavy (non-hydrogen) atoms. The zero-order valence-electron chi connectivity index (χ0n) is 18.6. The van der Waals surface area contributed by atoms with Gasteiger partial charge < -0.3 is 14.8 Å². The number of fused-ring (bicyclic) bond motifs is 1. The molecule has 1 amide bonds. The summed E-state index contributed by atoms with van der Waals surface area (Å²) in [5, 5.41) is 3.90. The molecule has 0 bridgehead atoms. The predicted molar refractivity (Wildman–Crippen MR) is 132 cm³/mol. The molecule has 1 aliphatic heterocycles. The van der Waals surface area contributed by atoms with Crippen LogP contribution in [-0.2, 0) is 21.4 Å². The van der Waals surface area contributed by atoms with Gasteiger partial charge in [0.2, 0.25) is 15.9 Å². The Bertz CT molecular complexity index is 1240. The van der Waals surface area contributed by atoms with Crippen molar-refractivity contribution >= 4 is 27.7 Å². The van der Waals surface area contributed by atoms with Crippen LogP contribution in [0.15, 0.2) is 84.3 Å². The van der Waals surface area contributed by atoms with Gasteiger partial charge in [0.05, 0.1) is 19.8 Å². The lowest BCUT2D eigenvalue weighted by molar-refractivity contribution is -0.116. The minimum absolute atomic E-state index is 0.0663. The zero-order valence-corrected chi connectivity index (χ0v) is 19.4. The lowest BCUT2D eigenvalue weighted by Crippen LogP contribution is -2.36. The second-order valence-electron chi connectivity index (χ2n) is 7.77. The first kappa shape index (κ1) is 23.5. The van der Waals surface area contributed by atoms with E-state index in [1.807, 2.05) is 60.7 Å². The molecule has 0 unspecified atom stereocenters. The van der Waals surface area contributed by atoms with Crippen LogP contribution in [0.1, 0.15) is 17.5 Å². The van der Waals surface area contributed by atoms with Crippen LogP contribution in [0.3, 0.4) is 0 Å². The molecule has 176 valence electrons. The molecule has 3 aromatic rings. The number of rotatable bonds is 8. The standard InChI is InChI=1S/C26H26N2O5S/c29-26(27-23-12-13-24-25(18-23)33-16-7-15-32-24)20-28(19-22-10-5-2-6-11-22)34(30,31)17-14-21-8-3-1-4-9-21/h1-6,8-14,17-18H,7,15-16,19-20H2,(H,27,29)/b17-14+. The number of hydrogen-bond acceptors (Lipinski definition) is 5. The molecule has 1 N–H and O–H groups in total. The van der Waals surface area contributed by atoms with Gasteiger partial charge in [-0.25, -0.2) is 8.42 Å². The van der Waals surface area contributed by atoms with Crippen molar-refractivity contribution in [1.82, 2.24) is 4.31 Å². The summed E-state index contributed by atoms with van der Waals surface area (Å²) in [5.74, 6) is 0.715. The number of amides is 1. The van der Waals surface area contributed by atoms with Crippen LogP contribution in [-0.4, -0.2) is 38.4 Å². The van der Waals surface area contributed by atoms with Gasteiger partial charge in [-0.2, -0.15) is 4.31 Å². The molecule has 0 radical (unpaired) electrons. The minimum Gasteiger partial charge on any atom is -0.490 e. The quantitative estimate of drug-likeness (QED) is 0.522. The van der Waals surface area contributed by atoms with Crippen molar-refractivity contribution in [2.75, 3.05) is 25.1 Å². The summed E-state index contributed by atoms with van der Waals surface area (Å²) in [6.07, 6.45) is 2.30. The van der Waals surface area contributed by atoms with Crippen molar-refractivity contribution in [2.45, 2.75) is 13.0 Å². The number of nitrogens with one attached hydrogen (secondary N) is 1. The molecule has 3 aromatic carbocycles. The van der Waals surface area contributed by atoms with Gasteiger partial charge in [-0.3, -0.25) is 4.79 Å². The molecule has 8 heteroatoms. The van der Waals surface area contributed by atoms with Crippen molar-refractivity contribution in [3.8, 4) is 11.5 Å². The van der Waals surface area contributed by atoms with E-state index in [1.165, 1.54) is 6.08 Å². The van der Waals surface area contributed by atoms with E-state index in [9.17, 15) is 13.2 Å². The van der Waals surface area contributed by atoms with Gasteiger partial charge in [0.15, 0.2) is 11.5 Å². The first-order valence-corrected chi connectivity index (χ1v) is 12.5. The van der Waals surface area contributed by atoms with Crippen LogP contribution in [0.25, 0.3) is 6.08 Å². The number of sulfonamides is 1. The maximum atomic E-state index is 13.1. The Morgan fingerprint density at radius 1 is 0.912 bits per heavy atom. The Morgan fingerprint density at radius 3 is 2.32 bits per heavy atom. The van der Waals surface area contributed by atoms with Gasteiger partial charge in [-0.1, -0.05) is 60.7 Å². The monoisotopic (exact) mass is 478 g/mol.